The molecule has 0 spiro atoms. The number of carbonyl (C=O) groups excluding carboxylic acids is 1. The van der Waals surface area contributed by atoms with E-state index in [-0.39, 0.29) is 11.4 Å². The van der Waals surface area contributed by atoms with Crippen LogP contribution in [0.1, 0.15) is 57.9 Å². The van der Waals surface area contributed by atoms with Crippen LogP contribution in [0.2, 0.25) is 0 Å². The highest BCUT2D eigenvalue weighted by atomic mass is 16.5. The number of ether oxygens (including phenoxy) is 1. The summed E-state index contributed by atoms with van der Waals surface area (Å²) < 4.78 is 5.34. The van der Waals surface area contributed by atoms with Crippen molar-refractivity contribution in [2.45, 2.75) is 63.3 Å². The van der Waals surface area contributed by atoms with Crippen molar-refractivity contribution in [2.75, 3.05) is 13.7 Å². The molecule has 0 aliphatic heterocycles. The molecule has 0 radical (unpaired) electrons. The van der Waals surface area contributed by atoms with Crippen LogP contribution >= 0.6 is 0 Å². The summed E-state index contributed by atoms with van der Waals surface area (Å²) in [6, 6.07) is 7.93. The van der Waals surface area contributed by atoms with E-state index in [1.165, 1.54) is 0 Å². The summed E-state index contributed by atoms with van der Waals surface area (Å²) in [6.07, 6.45) is 5.66. The van der Waals surface area contributed by atoms with Gasteiger partial charge in [-0.25, -0.2) is 0 Å². The SMILES string of the molecule is CCC(N)(CC)CNC(=O)C1(c2cccc(OC)c2)CCCC1. The molecule has 1 fully saturated rings. The molecule has 0 saturated heterocycles. The molecular formula is C19H30N2O2. The first-order chi connectivity index (χ1) is 11.0. The Balaban J connectivity index is 2.21. The first kappa shape index (κ1) is 17.8. The van der Waals surface area contributed by atoms with Gasteiger partial charge in [-0.3, -0.25) is 4.79 Å². The second-order valence-electron chi connectivity index (χ2n) is 6.77. The van der Waals surface area contributed by atoms with Crippen molar-refractivity contribution in [3.63, 3.8) is 0 Å². The van der Waals surface area contributed by atoms with Gasteiger partial charge in [-0.15, -0.1) is 0 Å². The molecule has 1 aliphatic rings. The number of nitrogens with two attached hydrogens (primary N) is 1. The molecule has 1 aromatic rings. The zero-order chi connectivity index (χ0) is 16.9. The zero-order valence-electron chi connectivity index (χ0n) is 14.7. The molecule has 4 nitrogen and oxygen atoms in total. The smallest absolute Gasteiger partial charge is 0.230 e. The van der Waals surface area contributed by atoms with Crippen molar-refractivity contribution in [1.82, 2.24) is 5.32 Å². The van der Waals surface area contributed by atoms with Gasteiger partial charge >= 0.3 is 0 Å². The molecule has 1 aliphatic carbocycles. The number of carbonyl (C=O) groups is 1. The summed E-state index contributed by atoms with van der Waals surface area (Å²) >= 11 is 0. The van der Waals surface area contributed by atoms with Crippen LogP contribution in [-0.2, 0) is 10.2 Å². The first-order valence-electron chi connectivity index (χ1n) is 8.71. The second kappa shape index (κ2) is 7.35. The van der Waals surface area contributed by atoms with E-state index in [1.807, 2.05) is 24.3 Å². The average molecular weight is 318 g/mol. The minimum absolute atomic E-state index is 0.111. The van der Waals surface area contributed by atoms with E-state index >= 15 is 0 Å². The molecule has 1 aromatic carbocycles. The van der Waals surface area contributed by atoms with Crippen molar-refractivity contribution in [3.8, 4) is 5.75 Å². The molecule has 1 amide bonds. The molecule has 2 rings (SSSR count). The summed E-state index contributed by atoms with van der Waals surface area (Å²) in [5.74, 6) is 0.914. The molecule has 0 heterocycles. The molecule has 0 atom stereocenters. The Bertz CT molecular complexity index is 532. The third kappa shape index (κ3) is 3.69. The van der Waals surface area contributed by atoms with Crippen molar-refractivity contribution in [1.29, 1.82) is 0 Å². The molecule has 0 aromatic heterocycles. The highest BCUT2D eigenvalue weighted by Gasteiger charge is 2.43. The van der Waals surface area contributed by atoms with Crippen LogP contribution in [0, 0.1) is 0 Å². The predicted octanol–water partition coefficient (Wildman–Crippen LogP) is 3.14. The van der Waals surface area contributed by atoms with Gasteiger partial charge in [0.2, 0.25) is 5.91 Å². The van der Waals surface area contributed by atoms with E-state index < -0.39 is 5.41 Å². The van der Waals surface area contributed by atoms with Crippen LogP contribution in [0.5, 0.6) is 5.75 Å². The molecule has 0 unspecified atom stereocenters. The molecule has 1 saturated carbocycles. The lowest BCUT2D eigenvalue weighted by atomic mass is 9.77. The molecule has 128 valence electrons. The highest BCUT2D eigenvalue weighted by Crippen LogP contribution is 2.42. The van der Waals surface area contributed by atoms with E-state index in [2.05, 4.69) is 19.2 Å². The van der Waals surface area contributed by atoms with Gasteiger partial charge in [-0.1, -0.05) is 38.8 Å². The van der Waals surface area contributed by atoms with Crippen LogP contribution in [0.3, 0.4) is 0 Å². The van der Waals surface area contributed by atoms with Crippen LogP contribution in [0.4, 0.5) is 0 Å². The van der Waals surface area contributed by atoms with Crippen LogP contribution < -0.4 is 15.8 Å². The van der Waals surface area contributed by atoms with E-state index in [4.69, 9.17) is 10.5 Å². The Labute approximate surface area is 139 Å². The Morgan fingerprint density at radius 2 is 1.96 bits per heavy atom. The second-order valence-corrected chi connectivity index (χ2v) is 6.77. The molecule has 0 bridgehead atoms. The Morgan fingerprint density at radius 3 is 2.52 bits per heavy atom. The molecular weight excluding hydrogens is 288 g/mol. The summed E-state index contributed by atoms with van der Waals surface area (Å²) in [4.78, 5) is 13.0. The standard InChI is InChI=1S/C19H30N2O2/c1-4-18(20,5-2)14-21-17(22)19(11-6-7-12-19)15-9-8-10-16(13-15)23-3/h8-10,13H,4-7,11-12,14,20H2,1-3H3,(H,21,22). The lowest BCUT2D eigenvalue weighted by molar-refractivity contribution is -0.127. The summed E-state index contributed by atoms with van der Waals surface area (Å²) in [6.45, 7) is 4.68. The third-order valence-electron chi connectivity index (χ3n) is 5.52. The fourth-order valence-electron chi connectivity index (χ4n) is 3.47. The fraction of sp³-hybridized carbons (Fsp3) is 0.632. The van der Waals surface area contributed by atoms with Crippen molar-refractivity contribution in [3.05, 3.63) is 29.8 Å². The Hall–Kier alpha value is -1.55. The van der Waals surface area contributed by atoms with Gasteiger partial charge in [0.25, 0.3) is 0 Å². The van der Waals surface area contributed by atoms with Crippen LogP contribution in [-0.4, -0.2) is 25.1 Å². The van der Waals surface area contributed by atoms with Gasteiger partial charge in [0, 0.05) is 12.1 Å². The monoisotopic (exact) mass is 318 g/mol. The predicted molar refractivity (Wildman–Crippen MR) is 93.7 cm³/mol. The fourth-order valence-corrected chi connectivity index (χ4v) is 3.47. The van der Waals surface area contributed by atoms with Crippen molar-refractivity contribution in [2.24, 2.45) is 5.73 Å². The van der Waals surface area contributed by atoms with E-state index in [9.17, 15) is 4.79 Å². The summed E-state index contributed by atoms with van der Waals surface area (Å²) in [7, 11) is 1.66. The third-order valence-corrected chi connectivity index (χ3v) is 5.52. The number of methoxy groups -OCH3 is 1. The van der Waals surface area contributed by atoms with Gasteiger partial charge in [0.05, 0.1) is 12.5 Å². The number of hydrogen-bond acceptors (Lipinski definition) is 3. The van der Waals surface area contributed by atoms with Gasteiger partial charge < -0.3 is 15.8 Å². The van der Waals surface area contributed by atoms with E-state index in [0.717, 1.165) is 49.8 Å². The molecule has 4 heteroatoms. The largest absolute Gasteiger partial charge is 0.497 e. The lowest BCUT2D eigenvalue weighted by Crippen LogP contribution is -2.53. The van der Waals surface area contributed by atoms with Gasteiger partial charge in [0.15, 0.2) is 0 Å². The van der Waals surface area contributed by atoms with Gasteiger partial charge in [0.1, 0.15) is 5.75 Å². The average Bonchev–Trinajstić information content (AvgIpc) is 3.10. The number of amides is 1. The highest BCUT2D eigenvalue weighted by molar-refractivity contribution is 5.88. The molecule has 3 N–H and O–H groups in total. The van der Waals surface area contributed by atoms with Crippen LogP contribution in [0.15, 0.2) is 24.3 Å². The van der Waals surface area contributed by atoms with Gasteiger partial charge in [-0.2, -0.15) is 0 Å². The first-order valence-corrected chi connectivity index (χ1v) is 8.71. The Kier molecular flexibility index (Phi) is 5.69. The number of benzene rings is 1. The number of hydrogen-bond donors (Lipinski definition) is 2. The Morgan fingerprint density at radius 1 is 1.30 bits per heavy atom. The topological polar surface area (TPSA) is 64.3 Å². The van der Waals surface area contributed by atoms with E-state index in [0.29, 0.717) is 6.54 Å². The number of nitrogens with one attached hydrogen (secondary N) is 1. The number of rotatable bonds is 7. The lowest BCUT2D eigenvalue weighted by Gasteiger charge is -2.32. The molecule has 23 heavy (non-hydrogen) atoms. The summed E-state index contributed by atoms with van der Waals surface area (Å²) in [5.41, 5.74) is 6.64. The minimum atomic E-state index is -0.434. The van der Waals surface area contributed by atoms with Gasteiger partial charge in [-0.05, 0) is 43.4 Å². The minimum Gasteiger partial charge on any atom is -0.497 e. The normalized spacial score (nSPS) is 17.0. The van der Waals surface area contributed by atoms with Crippen molar-refractivity contribution >= 4 is 5.91 Å². The van der Waals surface area contributed by atoms with E-state index in [1.54, 1.807) is 7.11 Å². The van der Waals surface area contributed by atoms with Crippen LogP contribution in [0.25, 0.3) is 0 Å². The zero-order valence-corrected chi connectivity index (χ0v) is 14.7. The maximum absolute atomic E-state index is 13.0. The maximum Gasteiger partial charge on any atom is 0.230 e. The van der Waals surface area contributed by atoms with Crippen molar-refractivity contribution < 1.29 is 9.53 Å². The quantitative estimate of drug-likeness (QED) is 0.812. The maximum atomic E-state index is 13.0. The summed E-state index contributed by atoms with van der Waals surface area (Å²) in [5, 5.41) is 3.14.